The highest BCUT2D eigenvalue weighted by Crippen LogP contribution is 2.36. The Balaban J connectivity index is 1.86. The van der Waals surface area contributed by atoms with Crippen molar-refractivity contribution in [2.45, 2.75) is 32.6 Å². The first-order valence-electron chi connectivity index (χ1n) is 8.64. The topological polar surface area (TPSA) is 60.2 Å². The van der Waals surface area contributed by atoms with E-state index in [0.29, 0.717) is 27.2 Å². The molecule has 3 aromatic rings. The lowest BCUT2D eigenvalue weighted by Crippen LogP contribution is -2.41. The second kappa shape index (κ2) is 8.70. The van der Waals surface area contributed by atoms with Gasteiger partial charge < -0.3 is 9.84 Å². The van der Waals surface area contributed by atoms with Gasteiger partial charge in [-0.3, -0.25) is 0 Å². The third-order valence-electron chi connectivity index (χ3n) is 4.50. The number of rotatable bonds is 7. The van der Waals surface area contributed by atoms with Gasteiger partial charge in [0.15, 0.2) is 0 Å². The molecule has 3 rings (SSSR count). The molecule has 0 bridgehead atoms. The smallest absolute Gasteiger partial charge is 0.219 e. The number of aliphatic hydroxyl groups excluding tert-OH is 1. The third kappa shape index (κ3) is 4.97. The summed E-state index contributed by atoms with van der Waals surface area (Å²) in [5.41, 5.74) is 0.291. The highest BCUT2D eigenvalue weighted by molar-refractivity contribution is 6.35. The van der Waals surface area contributed by atoms with Gasteiger partial charge in [0, 0.05) is 20.5 Å². The molecular weight excluding hydrogens is 421 g/mol. The number of aliphatic hydroxyl groups is 1. The summed E-state index contributed by atoms with van der Waals surface area (Å²) in [6.07, 6.45) is 1.71. The lowest BCUT2D eigenvalue weighted by molar-refractivity contribution is -0.0792. The Bertz CT molecular complexity index is 915. The van der Waals surface area contributed by atoms with Crippen LogP contribution < -0.4 is 4.74 Å². The predicted octanol–water partition coefficient (Wildman–Crippen LogP) is 5.45. The summed E-state index contributed by atoms with van der Waals surface area (Å²) in [5, 5.41) is 17.1. The molecule has 8 heteroatoms. The zero-order valence-electron chi connectivity index (χ0n) is 15.4. The van der Waals surface area contributed by atoms with E-state index >= 15 is 0 Å². The van der Waals surface area contributed by atoms with Gasteiger partial charge in [-0.2, -0.15) is 5.10 Å². The molecule has 0 saturated heterocycles. The van der Waals surface area contributed by atoms with Crippen LogP contribution in [0.15, 0.2) is 55.1 Å². The molecule has 0 aliphatic rings. The number of benzene rings is 2. The van der Waals surface area contributed by atoms with Crippen molar-refractivity contribution in [3.8, 4) is 5.75 Å². The molecule has 148 valence electrons. The van der Waals surface area contributed by atoms with Gasteiger partial charge >= 0.3 is 0 Å². The maximum atomic E-state index is 11.2. The minimum absolute atomic E-state index is 0.513. The zero-order valence-corrected chi connectivity index (χ0v) is 17.7. The summed E-state index contributed by atoms with van der Waals surface area (Å²) in [4.78, 5) is 3.97. The van der Waals surface area contributed by atoms with Crippen LogP contribution in [0.3, 0.4) is 0 Å². The first kappa shape index (κ1) is 20.9. The second-order valence-electron chi connectivity index (χ2n) is 7.18. The van der Waals surface area contributed by atoms with E-state index in [1.165, 1.54) is 17.3 Å². The lowest BCUT2D eigenvalue weighted by atomic mass is 9.79. The fraction of sp³-hybridized carbons (Fsp3) is 0.300. The summed E-state index contributed by atoms with van der Waals surface area (Å²) in [6, 6.07) is 12.3. The largest absolute Gasteiger partial charge is 0.466 e. The number of nitrogens with zero attached hydrogens (tertiary/aromatic N) is 3. The maximum Gasteiger partial charge on any atom is 0.219 e. The van der Waals surface area contributed by atoms with Gasteiger partial charge in [0.25, 0.3) is 0 Å². The Kier molecular flexibility index (Phi) is 6.50. The van der Waals surface area contributed by atoms with Crippen molar-refractivity contribution in [2.24, 2.45) is 5.41 Å². The van der Waals surface area contributed by atoms with Crippen molar-refractivity contribution in [1.82, 2.24) is 14.8 Å². The van der Waals surface area contributed by atoms with Crippen molar-refractivity contribution in [3.63, 3.8) is 0 Å². The van der Waals surface area contributed by atoms with Crippen LogP contribution in [-0.4, -0.2) is 26.0 Å². The van der Waals surface area contributed by atoms with Crippen LogP contribution in [0.5, 0.6) is 5.75 Å². The maximum absolute atomic E-state index is 11.2. The Morgan fingerprint density at radius 3 is 2.36 bits per heavy atom. The number of hydrogen-bond acceptors (Lipinski definition) is 4. The van der Waals surface area contributed by atoms with Gasteiger partial charge in [-0.25, -0.2) is 9.67 Å². The van der Waals surface area contributed by atoms with Gasteiger partial charge in [0.2, 0.25) is 6.23 Å². The molecule has 0 amide bonds. The summed E-state index contributed by atoms with van der Waals surface area (Å²) in [5.74, 6) is 0.560. The van der Waals surface area contributed by atoms with Crippen molar-refractivity contribution >= 4 is 34.8 Å². The van der Waals surface area contributed by atoms with E-state index in [-0.39, 0.29) is 0 Å². The highest BCUT2D eigenvalue weighted by Gasteiger charge is 2.38. The van der Waals surface area contributed by atoms with E-state index in [2.05, 4.69) is 10.1 Å². The van der Waals surface area contributed by atoms with Crippen LogP contribution in [0, 0.1) is 5.41 Å². The molecule has 2 aromatic carbocycles. The van der Waals surface area contributed by atoms with Crippen LogP contribution >= 0.6 is 34.8 Å². The van der Waals surface area contributed by atoms with Crippen molar-refractivity contribution in [3.05, 3.63) is 75.8 Å². The number of aromatic nitrogens is 3. The molecular formula is C20H20Cl3N3O2. The fourth-order valence-electron chi connectivity index (χ4n) is 2.91. The molecule has 0 radical (unpaired) electrons. The molecule has 1 N–H and O–H groups in total. The van der Waals surface area contributed by atoms with Gasteiger partial charge in [-0.15, -0.1) is 0 Å². The second-order valence-corrected chi connectivity index (χ2v) is 8.46. The Morgan fingerprint density at radius 1 is 1.07 bits per heavy atom. The lowest BCUT2D eigenvalue weighted by Gasteiger charge is -2.36. The molecule has 5 nitrogen and oxygen atoms in total. The van der Waals surface area contributed by atoms with Crippen LogP contribution in [0.1, 0.15) is 25.6 Å². The number of ether oxygens (including phenoxy) is 1. The number of hydrogen-bond donors (Lipinski definition) is 1. The van der Waals surface area contributed by atoms with E-state index in [9.17, 15) is 5.11 Å². The number of halogens is 3. The van der Waals surface area contributed by atoms with E-state index in [1.54, 1.807) is 36.4 Å². The molecule has 0 aliphatic carbocycles. The normalized spacial score (nSPS) is 13.9. The summed E-state index contributed by atoms with van der Waals surface area (Å²) >= 11 is 18.3. The Morgan fingerprint density at radius 2 is 1.75 bits per heavy atom. The van der Waals surface area contributed by atoms with Gasteiger partial charge in [0.1, 0.15) is 24.5 Å². The minimum atomic E-state index is -0.920. The molecule has 1 heterocycles. The Labute approximate surface area is 178 Å². The Hall–Kier alpha value is -1.79. The van der Waals surface area contributed by atoms with Crippen LogP contribution in [0.4, 0.5) is 0 Å². The summed E-state index contributed by atoms with van der Waals surface area (Å²) < 4.78 is 7.54. The summed E-state index contributed by atoms with van der Waals surface area (Å²) in [7, 11) is 0. The van der Waals surface area contributed by atoms with E-state index in [0.717, 1.165) is 5.56 Å². The molecule has 0 fully saturated rings. The highest BCUT2D eigenvalue weighted by atomic mass is 35.5. The van der Waals surface area contributed by atoms with Crippen LogP contribution in [-0.2, 0) is 6.42 Å². The third-order valence-corrected chi connectivity index (χ3v) is 5.34. The van der Waals surface area contributed by atoms with Gasteiger partial charge in [0.05, 0.1) is 0 Å². The van der Waals surface area contributed by atoms with E-state index < -0.39 is 17.7 Å². The molecule has 0 spiro atoms. The van der Waals surface area contributed by atoms with Crippen LogP contribution in [0.2, 0.25) is 15.1 Å². The standard InChI is InChI=1S/C20H20Cl3N3O2/c1-20(2,10-13-3-4-15(22)9-17(13)23)18(27)19(26-12-24-11-25-26)28-16-7-5-14(21)6-8-16/h3-9,11-12,18-19,27H,10H2,1-2H3. The SMILES string of the molecule is CC(C)(Cc1ccc(Cl)cc1Cl)C(O)C(Oc1ccc(Cl)cc1)n1cncn1. The minimum Gasteiger partial charge on any atom is -0.466 e. The first-order valence-corrected chi connectivity index (χ1v) is 9.78. The predicted molar refractivity (Wildman–Crippen MR) is 111 cm³/mol. The quantitative estimate of drug-likeness (QED) is 0.531. The van der Waals surface area contributed by atoms with Crippen molar-refractivity contribution < 1.29 is 9.84 Å². The van der Waals surface area contributed by atoms with E-state index in [4.69, 9.17) is 39.5 Å². The average molecular weight is 441 g/mol. The molecule has 0 aliphatic heterocycles. The molecule has 2 unspecified atom stereocenters. The molecule has 1 aromatic heterocycles. The first-order chi connectivity index (χ1) is 13.3. The van der Waals surface area contributed by atoms with Crippen LogP contribution in [0.25, 0.3) is 0 Å². The molecule has 28 heavy (non-hydrogen) atoms. The monoisotopic (exact) mass is 439 g/mol. The van der Waals surface area contributed by atoms with Crippen molar-refractivity contribution in [1.29, 1.82) is 0 Å². The van der Waals surface area contributed by atoms with Gasteiger partial charge in [-0.1, -0.05) is 54.7 Å². The summed E-state index contributed by atoms with van der Waals surface area (Å²) in [6.45, 7) is 3.88. The fourth-order valence-corrected chi connectivity index (χ4v) is 3.51. The average Bonchev–Trinajstić information content (AvgIpc) is 3.17. The molecule has 0 saturated carbocycles. The van der Waals surface area contributed by atoms with E-state index in [1.807, 2.05) is 19.9 Å². The molecule has 2 atom stereocenters. The van der Waals surface area contributed by atoms with Gasteiger partial charge in [-0.05, 0) is 48.4 Å². The van der Waals surface area contributed by atoms with Crippen molar-refractivity contribution in [2.75, 3.05) is 0 Å². The zero-order chi connectivity index (χ0) is 20.3.